The van der Waals surface area contributed by atoms with E-state index in [-0.39, 0.29) is 23.8 Å². The number of nitrogens with zero attached hydrogens (tertiary/aromatic N) is 3. The molecule has 1 N–H and O–H groups in total. The average molecular weight is 464 g/mol. The molecular weight excluding hydrogens is 435 g/mol. The van der Waals surface area contributed by atoms with Gasteiger partial charge in [-0.2, -0.15) is 18.3 Å². The van der Waals surface area contributed by atoms with Gasteiger partial charge in [0.15, 0.2) is 0 Å². The van der Waals surface area contributed by atoms with E-state index in [0.717, 1.165) is 24.5 Å². The second kappa shape index (κ2) is 8.20. The molecule has 0 unspecified atom stereocenters. The topological polar surface area (TPSA) is 67.6 Å². The maximum absolute atomic E-state index is 13.6. The van der Waals surface area contributed by atoms with Crippen LogP contribution in [0.15, 0.2) is 36.5 Å². The number of amides is 1. The summed E-state index contributed by atoms with van der Waals surface area (Å²) in [4.78, 5) is 14.0. The maximum atomic E-state index is 13.6. The molecule has 0 saturated carbocycles. The Balaban J connectivity index is 1.58. The van der Waals surface area contributed by atoms with Gasteiger partial charge in [0.2, 0.25) is 0 Å². The fourth-order valence-corrected chi connectivity index (χ4v) is 4.58. The van der Waals surface area contributed by atoms with Gasteiger partial charge in [-0.05, 0) is 63.2 Å². The second-order valence-corrected chi connectivity index (χ2v) is 9.78. The molecule has 33 heavy (non-hydrogen) atoms. The Kier molecular flexibility index (Phi) is 5.80. The van der Waals surface area contributed by atoms with Crippen molar-refractivity contribution in [3.63, 3.8) is 0 Å². The van der Waals surface area contributed by atoms with Gasteiger partial charge in [-0.3, -0.25) is 0 Å². The molecular formula is C24H28F3N3O3. The molecule has 1 aliphatic carbocycles. The number of hydrogen-bond donors (Lipinski definition) is 1. The minimum atomic E-state index is -4.52. The standard InChI is InChI=1S/C24H28F3N3O3/c1-22(2,3)33-21(32)29-10-8-23(9-11-29)12-16(13-23)20-17(15-31)14-28-30(20)19-7-5-4-6-18(19)24(25,26)27/h4-7,12,14,31H,8-11,13,15H2,1-3H3. The van der Waals surface area contributed by atoms with Crippen LogP contribution in [-0.2, 0) is 17.5 Å². The number of halogens is 3. The van der Waals surface area contributed by atoms with Crippen molar-refractivity contribution in [1.29, 1.82) is 0 Å². The maximum Gasteiger partial charge on any atom is 0.418 e. The third kappa shape index (κ3) is 4.64. The summed E-state index contributed by atoms with van der Waals surface area (Å²) < 4.78 is 47.5. The molecule has 1 amide bonds. The molecule has 2 aliphatic rings. The van der Waals surface area contributed by atoms with Gasteiger partial charge in [0.1, 0.15) is 5.60 Å². The highest BCUT2D eigenvalue weighted by molar-refractivity contribution is 5.74. The van der Waals surface area contributed by atoms with Gasteiger partial charge in [0.25, 0.3) is 0 Å². The molecule has 0 bridgehead atoms. The summed E-state index contributed by atoms with van der Waals surface area (Å²) in [5, 5.41) is 14.0. The van der Waals surface area contributed by atoms with Crippen molar-refractivity contribution in [2.45, 2.75) is 58.4 Å². The van der Waals surface area contributed by atoms with Gasteiger partial charge in [-0.1, -0.05) is 18.2 Å². The smallest absolute Gasteiger partial charge is 0.418 e. The van der Waals surface area contributed by atoms with Crippen LogP contribution < -0.4 is 0 Å². The number of benzene rings is 1. The zero-order chi connectivity index (χ0) is 24.0. The van der Waals surface area contributed by atoms with Crippen molar-refractivity contribution in [3.8, 4) is 5.69 Å². The Morgan fingerprint density at radius 1 is 1.18 bits per heavy atom. The highest BCUT2D eigenvalue weighted by Crippen LogP contribution is 2.52. The molecule has 1 aliphatic heterocycles. The van der Waals surface area contributed by atoms with E-state index in [4.69, 9.17) is 4.74 Å². The van der Waals surface area contributed by atoms with Crippen LogP contribution in [0.2, 0.25) is 0 Å². The second-order valence-electron chi connectivity index (χ2n) is 9.78. The summed E-state index contributed by atoms with van der Waals surface area (Å²) in [5.41, 5.74) is 0.342. The number of piperidine rings is 1. The molecule has 1 saturated heterocycles. The van der Waals surface area contributed by atoms with Gasteiger partial charge in [0, 0.05) is 18.7 Å². The normalized spacial score (nSPS) is 18.2. The van der Waals surface area contributed by atoms with Crippen LogP contribution >= 0.6 is 0 Å². The highest BCUT2D eigenvalue weighted by Gasteiger charge is 2.43. The molecule has 2 aromatic rings. The number of allylic oxidation sites excluding steroid dienone is 2. The molecule has 6 nitrogen and oxygen atoms in total. The van der Waals surface area contributed by atoms with Crippen LogP contribution in [0.25, 0.3) is 11.3 Å². The third-order valence-corrected chi connectivity index (χ3v) is 6.19. The van der Waals surface area contributed by atoms with Gasteiger partial charge in [0.05, 0.1) is 29.7 Å². The van der Waals surface area contributed by atoms with E-state index in [0.29, 0.717) is 30.8 Å². The van der Waals surface area contributed by atoms with Crippen LogP contribution in [0.1, 0.15) is 56.9 Å². The van der Waals surface area contributed by atoms with E-state index in [2.05, 4.69) is 11.2 Å². The molecule has 178 valence electrons. The van der Waals surface area contributed by atoms with Crippen molar-refractivity contribution in [3.05, 3.63) is 53.4 Å². The fraction of sp³-hybridized carbons (Fsp3) is 0.500. The monoisotopic (exact) mass is 463 g/mol. The number of aliphatic hydroxyl groups is 1. The summed E-state index contributed by atoms with van der Waals surface area (Å²) in [6.07, 6.45) is 0.784. The lowest BCUT2D eigenvalue weighted by atomic mass is 9.64. The minimum Gasteiger partial charge on any atom is -0.444 e. The van der Waals surface area contributed by atoms with Gasteiger partial charge < -0.3 is 14.7 Å². The summed E-state index contributed by atoms with van der Waals surface area (Å²) >= 11 is 0. The third-order valence-electron chi connectivity index (χ3n) is 6.19. The molecule has 9 heteroatoms. The Labute approximate surface area is 190 Å². The van der Waals surface area contributed by atoms with E-state index in [9.17, 15) is 23.1 Å². The zero-order valence-electron chi connectivity index (χ0n) is 18.9. The van der Waals surface area contributed by atoms with E-state index < -0.39 is 17.3 Å². The SMILES string of the molecule is CC(C)(C)OC(=O)N1CCC2(C=C(c3c(CO)cnn3-c3ccccc3C(F)(F)F)C2)CC1. The quantitative estimate of drug-likeness (QED) is 0.681. The molecule has 2 heterocycles. The Bertz CT molecular complexity index is 1070. The van der Waals surface area contributed by atoms with Crippen molar-refractivity contribution >= 4 is 11.7 Å². The average Bonchev–Trinajstić information content (AvgIpc) is 3.13. The Morgan fingerprint density at radius 3 is 2.39 bits per heavy atom. The van der Waals surface area contributed by atoms with Crippen LogP contribution in [0, 0.1) is 5.41 Å². The number of aliphatic hydroxyl groups excluding tert-OH is 1. The number of aromatic nitrogens is 2. The highest BCUT2D eigenvalue weighted by atomic mass is 19.4. The van der Waals surface area contributed by atoms with E-state index in [1.165, 1.54) is 29.1 Å². The van der Waals surface area contributed by atoms with Crippen molar-refractivity contribution in [2.24, 2.45) is 5.41 Å². The number of hydrogen-bond acceptors (Lipinski definition) is 4. The Morgan fingerprint density at radius 2 is 1.82 bits per heavy atom. The number of alkyl halides is 3. The van der Waals surface area contributed by atoms with E-state index in [1.54, 1.807) is 4.90 Å². The number of ether oxygens (including phenoxy) is 1. The lowest BCUT2D eigenvalue weighted by Crippen LogP contribution is -2.46. The summed E-state index contributed by atoms with van der Waals surface area (Å²) in [5.74, 6) is 0. The molecule has 0 radical (unpaired) electrons. The first-order valence-corrected chi connectivity index (χ1v) is 11.0. The van der Waals surface area contributed by atoms with Crippen molar-refractivity contribution in [1.82, 2.24) is 14.7 Å². The lowest BCUT2D eigenvalue weighted by molar-refractivity contribution is -0.137. The first-order valence-electron chi connectivity index (χ1n) is 11.0. The molecule has 1 fully saturated rings. The predicted molar refractivity (Wildman–Crippen MR) is 117 cm³/mol. The molecule has 0 atom stereocenters. The van der Waals surface area contributed by atoms with Gasteiger partial charge in [-0.15, -0.1) is 0 Å². The number of likely N-dealkylation sites (tertiary alicyclic amines) is 1. The summed E-state index contributed by atoms with van der Waals surface area (Å²) in [6, 6.07) is 5.30. The number of carbonyl (C=O) groups is 1. The number of rotatable bonds is 3. The van der Waals surface area contributed by atoms with E-state index >= 15 is 0 Å². The molecule has 1 aromatic carbocycles. The number of para-hydroxylation sites is 1. The van der Waals surface area contributed by atoms with Crippen molar-refractivity contribution in [2.75, 3.05) is 13.1 Å². The summed E-state index contributed by atoms with van der Waals surface area (Å²) in [6.45, 7) is 6.28. The summed E-state index contributed by atoms with van der Waals surface area (Å²) in [7, 11) is 0. The fourth-order valence-electron chi connectivity index (χ4n) is 4.58. The number of carbonyl (C=O) groups excluding carboxylic acids is 1. The molecule has 1 aromatic heterocycles. The van der Waals surface area contributed by atoms with E-state index in [1.807, 2.05) is 20.8 Å². The van der Waals surface area contributed by atoms with Gasteiger partial charge in [-0.25, -0.2) is 9.48 Å². The first kappa shape index (κ1) is 23.4. The minimum absolute atomic E-state index is 0.0682. The molecule has 4 rings (SSSR count). The Hall–Kier alpha value is -2.81. The van der Waals surface area contributed by atoms with Gasteiger partial charge >= 0.3 is 12.3 Å². The first-order chi connectivity index (χ1) is 15.4. The van der Waals surface area contributed by atoms with Crippen molar-refractivity contribution < 1.29 is 27.8 Å². The predicted octanol–water partition coefficient (Wildman–Crippen LogP) is 5.19. The largest absolute Gasteiger partial charge is 0.444 e. The van der Waals surface area contributed by atoms with Crippen LogP contribution in [0.5, 0.6) is 0 Å². The lowest BCUT2D eigenvalue weighted by Gasteiger charge is -2.46. The molecule has 1 spiro atoms. The zero-order valence-corrected chi connectivity index (χ0v) is 18.9. The van der Waals surface area contributed by atoms with Crippen LogP contribution in [0.4, 0.5) is 18.0 Å². The van der Waals surface area contributed by atoms with Crippen LogP contribution in [-0.4, -0.2) is 44.6 Å². The van der Waals surface area contributed by atoms with Crippen LogP contribution in [0.3, 0.4) is 0 Å².